The van der Waals surface area contributed by atoms with Crippen LogP contribution in [0.15, 0.2) is 24.8 Å². The monoisotopic (exact) mass is 248 g/mol. The highest BCUT2D eigenvalue weighted by molar-refractivity contribution is 7.20. The molecule has 3 heterocycles. The minimum absolute atomic E-state index is 0.105. The van der Waals surface area contributed by atoms with Crippen molar-refractivity contribution in [2.45, 2.75) is 13.5 Å². The maximum atomic E-state index is 8.84. The molecule has 0 saturated carbocycles. The molecule has 0 radical (unpaired) electrons. The maximum Gasteiger partial charge on any atom is 0.122 e. The largest absolute Gasteiger partial charge is 0.394 e. The third-order valence-electron chi connectivity index (χ3n) is 2.61. The molecule has 0 atom stereocenters. The zero-order valence-corrected chi connectivity index (χ0v) is 10.2. The lowest BCUT2D eigenvalue weighted by atomic mass is 10.3. The Morgan fingerprint density at radius 1 is 1.29 bits per heavy atom. The van der Waals surface area contributed by atoms with Gasteiger partial charge in [0.15, 0.2) is 0 Å². The number of thiazole rings is 1. The number of rotatable bonds is 3. The summed E-state index contributed by atoms with van der Waals surface area (Å²) in [5, 5.41) is 17.3. The molecule has 0 fully saturated rings. The quantitative estimate of drug-likeness (QED) is 0.765. The fourth-order valence-electron chi connectivity index (χ4n) is 1.75. The van der Waals surface area contributed by atoms with E-state index in [1.807, 2.05) is 29.3 Å². The van der Waals surface area contributed by atoms with Gasteiger partial charge in [0.25, 0.3) is 0 Å². The van der Waals surface area contributed by atoms with Crippen molar-refractivity contribution in [2.75, 3.05) is 6.61 Å². The third kappa shape index (κ3) is 1.75. The van der Waals surface area contributed by atoms with Crippen molar-refractivity contribution in [1.29, 1.82) is 0 Å². The van der Waals surface area contributed by atoms with E-state index in [1.54, 1.807) is 16.0 Å². The normalized spacial score (nSPS) is 11.4. The first-order valence-corrected chi connectivity index (χ1v) is 6.17. The average Bonchev–Trinajstić information content (AvgIpc) is 2.96. The second-order valence-corrected chi connectivity index (χ2v) is 4.92. The molecule has 0 aromatic carbocycles. The van der Waals surface area contributed by atoms with Gasteiger partial charge in [-0.15, -0.1) is 11.3 Å². The van der Waals surface area contributed by atoms with Gasteiger partial charge in [-0.3, -0.25) is 4.68 Å². The first-order valence-electron chi connectivity index (χ1n) is 5.35. The SMILES string of the molecule is Cc1cnn2cc(-c3cnn(CCO)c3)sc12. The lowest BCUT2D eigenvalue weighted by Crippen LogP contribution is -2.01. The van der Waals surface area contributed by atoms with Crippen LogP contribution < -0.4 is 0 Å². The molecule has 17 heavy (non-hydrogen) atoms. The van der Waals surface area contributed by atoms with Gasteiger partial charge in [0.05, 0.1) is 30.4 Å². The van der Waals surface area contributed by atoms with Gasteiger partial charge in [-0.25, -0.2) is 4.52 Å². The van der Waals surface area contributed by atoms with Crippen LogP contribution in [0.4, 0.5) is 0 Å². The Morgan fingerprint density at radius 3 is 2.94 bits per heavy atom. The van der Waals surface area contributed by atoms with Crippen LogP contribution in [0.3, 0.4) is 0 Å². The van der Waals surface area contributed by atoms with E-state index in [0.717, 1.165) is 15.3 Å². The number of aryl methyl sites for hydroxylation is 1. The van der Waals surface area contributed by atoms with Crippen molar-refractivity contribution in [2.24, 2.45) is 0 Å². The molecular weight excluding hydrogens is 236 g/mol. The van der Waals surface area contributed by atoms with Crippen molar-refractivity contribution in [3.63, 3.8) is 0 Å². The zero-order valence-electron chi connectivity index (χ0n) is 9.37. The summed E-state index contributed by atoms with van der Waals surface area (Å²) in [6.07, 6.45) is 7.63. The summed E-state index contributed by atoms with van der Waals surface area (Å²) >= 11 is 1.70. The van der Waals surface area contributed by atoms with Gasteiger partial charge in [-0.05, 0) is 6.92 Å². The average molecular weight is 248 g/mol. The van der Waals surface area contributed by atoms with Crippen LogP contribution in [-0.4, -0.2) is 31.1 Å². The van der Waals surface area contributed by atoms with E-state index >= 15 is 0 Å². The second kappa shape index (κ2) is 3.97. The van der Waals surface area contributed by atoms with E-state index in [2.05, 4.69) is 17.1 Å². The number of aliphatic hydroxyl groups excluding tert-OH is 1. The first kappa shape index (κ1) is 10.5. The number of fused-ring (bicyclic) bond motifs is 1. The molecule has 0 spiro atoms. The summed E-state index contributed by atoms with van der Waals surface area (Å²) in [5.74, 6) is 0. The molecule has 6 heteroatoms. The van der Waals surface area contributed by atoms with E-state index in [4.69, 9.17) is 5.11 Å². The standard InChI is InChI=1S/C11H12N4OS/c1-8-4-13-15-7-10(17-11(8)15)9-5-12-14(6-9)2-3-16/h4-7,16H,2-3H2,1H3. The molecule has 0 unspecified atom stereocenters. The van der Waals surface area contributed by atoms with Gasteiger partial charge in [0.2, 0.25) is 0 Å². The van der Waals surface area contributed by atoms with Gasteiger partial charge >= 0.3 is 0 Å². The Hall–Kier alpha value is -1.66. The smallest absolute Gasteiger partial charge is 0.122 e. The lowest BCUT2D eigenvalue weighted by molar-refractivity contribution is 0.269. The van der Waals surface area contributed by atoms with Gasteiger partial charge in [0, 0.05) is 23.5 Å². The molecule has 0 aliphatic carbocycles. The summed E-state index contributed by atoms with van der Waals surface area (Å²) in [7, 11) is 0. The van der Waals surface area contributed by atoms with Gasteiger partial charge < -0.3 is 5.11 Å². The summed E-state index contributed by atoms with van der Waals surface area (Å²) in [6, 6.07) is 0. The van der Waals surface area contributed by atoms with Crippen LogP contribution in [0.25, 0.3) is 15.3 Å². The fraction of sp³-hybridized carbons (Fsp3) is 0.273. The molecule has 0 bridgehead atoms. The molecule has 3 aromatic rings. The molecule has 5 nitrogen and oxygen atoms in total. The molecule has 88 valence electrons. The minimum atomic E-state index is 0.105. The third-order valence-corrected chi connectivity index (χ3v) is 3.88. The van der Waals surface area contributed by atoms with Crippen LogP contribution in [0, 0.1) is 6.92 Å². The maximum absolute atomic E-state index is 8.84. The van der Waals surface area contributed by atoms with E-state index < -0.39 is 0 Å². The summed E-state index contributed by atoms with van der Waals surface area (Å²) in [4.78, 5) is 2.30. The van der Waals surface area contributed by atoms with E-state index in [0.29, 0.717) is 6.54 Å². The molecule has 0 aliphatic rings. The second-order valence-electron chi connectivity index (χ2n) is 3.89. The van der Waals surface area contributed by atoms with Crippen LogP contribution >= 0.6 is 11.3 Å². The van der Waals surface area contributed by atoms with Crippen molar-refractivity contribution < 1.29 is 5.11 Å². The van der Waals surface area contributed by atoms with Gasteiger partial charge in [0.1, 0.15) is 4.83 Å². The molecule has 1 N–H and O–H groups in total. The number of hydrogen-bond donors (Lipinski definition) is 1. The molecule has 3 aromatic heterocycles. The van der Waals surface area contributed by atoms with Crippen LogP contribution in [0.2, 0.25) is 0 Å². The predicted octanol–water partition coefficient (Wildman–Crippen LogP) is 1.56. The number of aromatic nitrogens is 4. The summed E-state index contributed by atoms with van der Waals surface area (Å²) in [6.45, 7) is 2.69. The topological polar surface area (TPSA) is 55.4 Å². The number of aliphatic hydroxyl groups is 1. The highest BCUT2D eigenvalue weighted by Gasteiger charge is 2.09. The Labute approximate surface area is 102 Å². The van der Waals surface area contributed by atoms with E-state index in [-0.39, 0.29) is 6.61 Å². The zero-order chi connectivity index (χ0) is 11.8. The summed E-state index contributed by atoms with van der Waals surface area (Å²) in [5.41, 5.74) is 2.25. The number of hydrogen-bond acceptors (Lipinski definition) is 4. The lowest BCUT2D eigenvalue weighted by Gasteiger charge is -1.93. The van der Waals surface area contributed by atoms with Crippen molar-refractivity contribution in [1.82, 2.24) is 19.4 Å². The Morgan fingerprint density at radius 2 is 2.18 bits per heavy atom. The van der Waals surface area contributed by atoms with Gasteiger partial charge in [-0.2, -0.15) is 10.2 Å². The molecule has 0 amide bonds. The molecule has 0 aliphatic heterocycles. The Balaban J connectivity index is 2.01. The predicted molar refractivity (Wildman–Crippen MR) is 66.1 cm³/mol. The van der Waals surface area contributed by atoms with E-state index in [1.165, 1.54) is 5.56 Å². The fourth-order valence-corrected chi connectivity index (χ4v) is 2.74. The summed E-state index contributed by atoms with van der Waals surface area (Å²) < 4.78 is 3.63. The van der Waals surface area contributed by atoms with Crippen LogP contribution in [0.1, 0.15) is 5.56 Å². The van der Waals surface area contributed by atoms with Gasteiger partial charge in [-0.1, -0.05) is 0 Å². The first-order chi connectivity index (χ1) is 8.28. The Kier molecular flexibility index (Phi) is 2.45. The molecular formula is C11H12N4OS. The molecule has 3 rings (SSSR count). The minimum Gasteiger partial charge on any atom is -0.394 e. The highest BCUT2D eigenvalue weighted by Crippen LogP contribution is 2.29. The molecule has 0 saturated heterocycles. The van der Waals surface area contributed by atoms with E-state index in [9.17, 15) is 0 Å². The van der Waals surface area contributed by atoms with Crippen LogP contribution in [-0.2, 0) is 6.54 Å². The van der Waals surface area contributed by atoms with Crippen molar-refractivity contribution in [3.8, 4) is 10.4 Å². The Bertz CT molecular complexity index is 651. The number of nitrogens with zero attached hydrogens (tertiary/aromatic N) is 4. The van der Waals surface area contributed by atoms with Crippen LogP contribution in [0.5, 0.6) is 0 Å². The van der Waals surface area contributed by atoms with Crippen molar-refractivity contribution in [3.05, 3.63) is 30.4 Å². The highest BCUT2D eigenvalue weighted by atomic mass is 32.1. The van der Waals surface area contributed by atoms with Crippen molar-refractivity contribution >= 4 is 16.2 Å².